The molecule has 0 aromatic carbocycles. The second-order valence-electron chi connectivity index (χ2n) is 1.08. The Kier molecular flexibility index (Phi) is 0.926. The Labute approximate surface area is 41.3 Å². The number of hydrogen-bond acceptors (Lipinski definition) is 1. The van der Waals surface area contributed by atoms with E-state index in [1.165, 1.54) is 0 Å². The van der Waals surface area contributed by atoms with Gasteiger partial charge in [-0.1, -0.05) is 11.6 Å². The summed E-state index contributed by atoms with van der Waals surface area (Å²) in [6.07, 6.45) is 3.52. The largest absolute Gasteiger partial charge is 0.287 e. The highest BCUT2D eigenvalue weighted by Gasteiger charge is 1.88. The van der Waals surface area contributed by atoms with E-state index in [-0.39, 0.29) is 0 Å². The van der Waals surface area contributed by atoms with Crippen molar-refractivity contribution in [3.05, 3.63) is 11.1 Å². The van der Waals surface area contributed by atoms with E-state index in [2.05, 4.69) is 4.99 Å². The maximum absolute atomic E-state index is 5.42. The van der Waals surface area contributed by atoms with Gasteiger partial charge in [0.1, 0.15) is 0 Å². The molecule has 2 heteroatoms. The summed E-state index contributed by atoms with van der Waals surface area (Å²) in [4.78, 5) is 3.81. The van der Waals surface area contributed by atoms with Crippen LogP contribution in [-0.4, -0.2) is 12.8 Å². The van der Waals surface area contributed by atoms with E-state index >= 15 is 0 Å². The Balaban J connectivity index is 2.68. The summed E-state index contributed by atoms with van der Waals surface area (Å²) in [6, 6.07) is 0. The van der Waals surface area contributed by atoms with Gasteiger partial charge in [0.2, 0.25) is 0 Å². The van der Waals surface area contributed by atoms with Crippen molar-refractivity contribution in [3.8, 4) is 0 Å². The molecular formula is C4H4ClN. The third kappa shape index (κ3) is 0.601. The summed E-state index contributed by atoms with van der Waals surface area (Å²) in [7, 11) is 0. The molecule has 1 rings (SSSR count). The summed E-state index contributed by atoms with van der Waals surface area (Å²) in [5, 5.41) is 0.759. The molecule has 6 heavy (non-hydrogen) atoms. The van der Waals surface area contributed by atoms with Gasteiger partial charge in [0, 0.05) is 6.21 Å². The highest BCUT2D eigenvalue weighted by atomic mass is 35.5. The second-order valence-corrected chi connectivity index (χ2v) is 1.52. The molecule has 0 aromatic heterocycles. The molecule has 1 aliphatic heterocycles. The molecule has 1 nitrogen and oxygen atoms in total. The van der Waals surface area contributed by atoms with Crippen molar-refractivity contribution in [3.63, 3.8) is 0 Å². The Morgan fingerprint density at radius 3 is 2.83 bits per heavy atom. The highest BCUT2D eigenvalue weighted by molar-refractivity contribution is 6.39. The molecule has 0 saturated carbocycles. The molecular weight excluding hydrogens is 97.5 g/mol. The zero-order valence-electron chi connectivity index (χ0n) is 3.19. The van der Waals surface area contributed by atoms with Crippen molar-refractivity contribution in [1.82, 2.24) is 0 Å². The monoisotopic (exact) mass is 101 g/mol. The van der Waals surface area contributed by atoms with E-state index in [0.717, 1.165) is 11.6 Å². The van der Waals surface area contributed by atoms with Crippen molar-refractivity contribution >= 4 is 17.8 Å². The molecule has 1 aliphatic rings. The van der Waals surface area contributed by atoms with E-state index in [1.54, 1.807) is 6.21 Å². The zero-order chi connectivity index (χ0) is 4.41. The van der Waals surface area contributed by atoms with Gasteiger partial charge in [0.05, 0.1) is 11.6 Å². The lowest BCUT2D eigenvalue weighted by Crippen LogP contribution is -1.57. The van der Waals surface area contributed by atoms with Gasteiger partial charge in [-0.05, 0) is 6.08 Å². The van der Waals surface area contributed by atoms with Crippen LogP contribution in [0.4, 0.5) is 0 Å². The summed E-state index contributed by atoms with van der Waals surface area (Å²) in [5.41, 5.74) is 0. The average Bonchev–Trinajstić information content (AvgIpc) is 1.86. The molecule has 32 valence electrons. The lowest BCUT2D eigenvalue weighted by molar-refractivity contribution is 1.29. The molecule has 0 N–H and O–H groups in total. The first kappa shape index (κ1) is 3.88. The Morgan fingerprint density at radius 1 is 1.83 bits per heavy atom. The number of aliphatic imine (C=N–C) groups is 1. The van der Waals surface area contributed by atoms with E-state index in [9.17, 15) is 0 Å². The van der Waals surface area contributed by atoms with Crippen molar-refractivity contribution in [2.45, 2.75) is 0 Å². The van der Waals surface area contributed by atoms with Crippen LogP contribution < -0.4 is 0 Å². The summed E-state index contributed by atoms with van der Waals surface area (Å²) in [5.74, 6) is 0. The second kappa shape index (κ2) is 1.43. The molecule has 1 heterocycles. The Bertz CT molecular complexity index is 101. The minimum absolute atomic E-state index is 0.759. The van der Waals surface area contributed by atoms with Crippen LogP contribution in [0.3, 0.4) is 0 Å². The predicted octanol–water partition coefficient (Wildman–Crippen LogP) is 1.19. The Hall–Kier alpha value is -0.300. The van der Waals surface area contributed by atoms with Gasteiger partial charge < -0.3 is 0 Å². The maximum atomic E-state index is 5.42. The highest BCUT2D eigenvalue weighted by Crippen LogP contribution is 2.01. The first-order valence-corrected chi connectivity index (χ1v) is 2.13. The molecule has 0 bridgehead atoms. The van der Waals surface area contributed by atoms with Crippen molar-refractivity contribution in [1.29, 1.82) is 0 Å². The van der Waals surface area contributed by atoms with E-state index in [1.807, 2.05) is 6.08 Å². The number of hydrogen-bond donors (Lipinski definition) is 0. The fourth-order valence-corrected chi connectivity index (χ4v) is 0.471. The lowest BCUT2D eigenvalue weighted by Gasteiger charge is -1.66. The number of allylic oxidation sites excluding steroid dienone is 1. The van der Waals surface area contributed by atoms with Crippen LogP contribution in [0.5, 0.6) is 0 Å². The fourth-order valence-electron chi connectivity index (χ4n) is 0.333. The van der Waals surface area contributed by atoms with Crippen LogP contribution in [0.15, 0.2) is 16.1 Å². The van der Waals surface area contributed by atoms with Crippen molar-refractivity contribution in [2.24, 2.45) is 4.99 Å². The van der Waals surface area contributed by atoms with E-state index in [4.69, 9.17) is 11.6 Å². The van der Waals surface area contributed by atoms with Gasteiger partial charge in [-0.25, -0.2) is 0 Å². The molecule has 0 aromatic rings. The number of halogens is 1. The third-order valence-corrected chi connectivity index (χ3v) is 0.858. The van der Waals surface area contributed by atoms with Crippen LogP contribution in [0.25, 0.3) is 0 Å². The third-order valence-electron chi connectivity index (χ3n) is 0.606. The molecule has 0 aliphatic carbocycles. The average molecular weight is 102 g/mol. The van der Waals surface area contributed by atoms with Crippen molar-refractivity contribution < 1.29 is 0 Å². The standard InChI is InChI=1S/C4H4ClN/c5-4-1-2-6-3-4/h1,3H,2H2. The van der Waals surface area contributed by atoms with Crippen LogP contribution in [0.2, 0.25) is 0 Å². The van der Waals surface area contributed by atoms with Gasteiger partial charge in [0.15, 0.2) is 0 Å². The molecule has 0 radical (unpaired) electrons. The SMILES string of the molecule is ClC1=CCN=C1. The van der Waals surface area contributed by atoms with Crippen LogP contribution >= 0.6 is 11.6 Å². The van der Waals surface area contributed by atoms with Gasteiger partial charge in [-0.2, -0.15) is 0 Å². The minimum Gasteiger partial charge on any atom is -0.287 e. The molecule has 0 atom stereocenters. The van der Waals surface area contributed by atoms with Crippen LogP contribution in [0, 0.1) is 0 Å². The summed E-state index contributed by atoms with van der Waals surface area (Å²) < 4.78 is 0. The quantitative estimate of drug-likeness (QED) is 0.435. The maximum Gasteiger partial charge on any atom is 0.0588 e. The minimum atomic E-state index is 0.759. The molecule has 0 amide bonds. The molecule has 0 fully saturated rings. The first-order valence-electron chi connectivity index (χ1n) is 1.75. The first-order chi connectivity index (χ1) is 2.89. The fraction of sp³-hybridized carbons (Fsp3) is 0.250. The number of rotatable bonds is 0. The summed E-state index contributed by atoms with van der Waals surface area (Å²) >= 11 is 5.42. The van der Waals surface area contributed by atoms with Gasteiger partial charge in [-0.15, -0.1) is 0 Å². The van der Waals surface area contributed by atoms with Crippen molar-refractivity contribution in [2.75, 3.05) is 6.54 Å². The van der Waals surface area contributed by atoms with E-state index < -0.39 is 0 Å². The Morgan fingerprint density at radius 2 is 2.67 bits per heavy atom. The van der Waals surface area contributed by atoms with Crippen LogP contribution in [-0.2, 0) is 0 Å². The lowest BCUT2D eigenvalue weighted by atomic mass is 10.6. The smallest absolute Gasteiger partial charge is 0.0588 e. The van der Waals surface area contributed by atoms with Gasteiger partial charge >= 0.3 is 0 Å². The van der Waals surface area contributed by atoms with Gasteiger partial charge in [0.25, 0.3) is 0 Å². The van der Waals surface area contributed by atoms with Crippen LogP contribution in [0.1, 0.15) is 0 Å². The molecule has 0 unspecified atom stereocenters. The number of nitrogens with zero attached hydrogens (tertiary/aromatic N) is 1. The molecule has 0 saturated heterocycles. The zero-order valence-corrected chi connectivity index (χ0v) is 3.94. The normalized spacial score (nSPS) is 18.5. The van der Waals surface area contributed by atoms with Gasteiger partial charge in [-0.3, -0.25) is 4.99 Å². The van der Waals surface area contributed by atoms with E-state index in [0.29, 0.717) is 0 Å². The topological polar surface area (TPSA) is 12.4 Å². The molecule has 0 spiro atoms. The predicted molar refractivity (Wildman–Crippen MR) is 27.3 cm³/mol. The summed E-state index contributed by atoms with van der Waals surface area (Å²) in [6.45, 7) is 0.763.